The molecule has 0 radical (unpaired) electrons. The largest absolute Gasteiger partial charge is 0.481 e. The molecular formula is C10H10ClNO2. The molecule has 14 heavy (non-hydrogen) atoms. The van der Waals surface area contributed by atoms with E-state index >= 15 is 0 Å². The van der Waals surface area contributed by atoms with Gasteiger partial charge in [-0.25, -0.2) is 0 Å². The molecule has 74 valence electrons. The van der Waals surface area contributed by atoms with E-state index in [1.54, 1.807) is 6.07 Å². The lowest BCUT2D eigenvalue weighted by atomic mass is 9.98. The summed E-state index contributed by atoms with van der Waals surface area (Å²) in [5.41, 5.74) is 1.90. The first-order valence-corrected chi connectivity index (χ1v) is 4.80. The van der Waals surface area contributed by atoms with E-state index in [1.807, 2.05) is 12.1 Å². The minimum absolute atomic E-state index is 0.00352. The fourth-order valence-corrected chi connectivity index (χ4v) is 2.16. The summed E-state index contributed by atoms with van der Waals surface area (Å²) in [4.78, 5) is 10.6. The summed E-state index contributed by atoms with van der Waals surface area (Å²) in [6, 6.07) is 5.57. The second-order valence-corrected chi connectivity index (χ2v) is 3.78. The third kappa shape index (κ3) is 1.55. The van der Waals surface area contributed by atoms with Gasteiger partial charge in [-0.2, -0.15) is 0 Å². The molecule has 0 spiro atoms. The molecule has 0 fully saturated rings. The monoisotopic (exact) mass is 211 g/mol. The zero-order chi connectivity index (χ0) is 10.1. The smallest absolute Gasteiger partial charge is 0.304 e. The molecule has 0 amide bonds. The van der Waals surface area contributed by atoms with Crippen LogP contribution in [0.1, 0.15) is 17.9 Å². The van der Waals surface area contributed by atoms with E-state index in [4.69, 9.17) is 16.7 Å². The molecule has 0 saturated carbocycles. The van der Waals surface area contributed by atoms with Gasteiger partial charge in [0.25, 0.3) is 0 Å². The minimum Gasteiger partial charge on any atom is -0.481 e. The predicted molar refractivity (Wildman–Crippen MR) is 54.9 cm³/mol. The number of hydrogen-bond acceptors (Lipinski definition) is 2. The molecule has 2 rings (SSSR count). The van der Waals surface area contributed by atoms with E-state index < -0.39 is 5.97 Å². The van der Waals surface area contributed by atoms with Crippen LogP contribution in [0.5, 0.6) is 0 Å². The Bertz CT molecular complexity index is 378. The highest BCUT2D eigenvalue weighted by Crippen LogP contribution is 2.38. The zero-order valence-corrected chi connectivity index (χ0v) is 8.21. The highest BCUT2D eigenvalue weighted by molar-refractivity contribution is 6.32. The van der Waals surface area contributed by atoms with Gasteiger partial charge in [0, 0.05) is 23.2 Å². The standard InChI is InChI=1S/C10H10ClNO2/c11-7-2-1-3-8-10(7)6(5-12-8)4-9(13)14/h1-3,6,12H,4-5H2,(H,13,14). The van der Waals surface area contributed by atoms with Gasteiger partial charge in [-0.05, 0) is 17.7 Å². The van der Waals surface area contributed by atoms with Crippen molar-refractivity contribution in [3.05, 3.63) is 28.8 Å². The van der Waals surface area contributed by atoms with Gasteiger partial charge in [0.05, 0.1) is 6.42 Å². The molecule has 1 unspecified atom stereocenters. The molecule has 1 aromatic rings. The van der Waals surface area contributed by atoms with E-state index in [0.29, 0.717) is 11.6 Å². The first-order chi connectivity index (χ1) is 6.68. The Kier molecular flexibility index (Phi) is 2.33. The summed E-state index contributed by atoms with van der Waals surface area (Å²) in [5.74, 6) is -0.791. The second-order valence-electron chi connectivity index (χ2n) is 3.38. The van der Waals surface area contributed by atoms with Gasteiger partial charge in [-0.1, -0.05) is 17.7 Å². The van der Waals surface area contributed by atoms with E-state index in [0.717, 1.165) is 11.3 Å². The van der Waals surface area contributed by atoms with Crippen LogP contribution in [0.4, 0.5) is 5.69 Å². The van der Waals surface area contributed by atoms with Crippen LogP contribution < -0.4 is 5.32 Å². The van der Waals surface area contributed by atoms with Crippen molar-refractivity contribution in [1.82, 2.24) is 0 Å². The van der Waals surface area contributed by atoms with Gasteiger partial charge in [0.1, 0.15) is 0 Å². The van der Waals surface area contributed by atoms with Crippen LogP contribution in [0.15, 0.2) is 18.2 Å². The topological polar surface area (TPSA) is 49.3 Å². The number of hydrogen-bond donors (Lipinski definition) is 2. The summed E-state index contributed by atoms with van der Waals surface area (Å²) >= 11 is 6.01. The molecular weight excluding hydrogens is 202 g/mol. The number of aliphatic carboxylic acids is 1. The Hall–Kier alpha value is -1.22. The average molecular weight is 212 g/mol. The van der Waals surface area contributed by atoms with Crippen LogP contribution in [0, 0.1) is 0 Å². The summed E-state index contributed by atoms with van der Waals surface area (Å²) in [6.45, 7) is 0.658. The molecule has 1 aliphatic rings. The van der Waals surface area contributed by atoms with E-state index in [9.17, 15) is 4.79 Å². The number of carbonyl (C=O) groups is 1. The van der Waals surface area contributed by atoms with Gasteiger partial charge in [-0.15, -0.1) is 0 Å². The maximum absolute atomic E-state index is 10.6. The highest BCUT2D eigenvalue weighted by atomic mass is 35.5. The van der Waals surface area contributed by atoms with Crippen molar-refractivity contribution in [1.29, 1.82) is 0 Å². The van der Waals surface area contributed by atoms with Gasteiger partial charge in [0.15, 0.2) is 0 Å². The van der Waals surface area contributed by atoms with Crippen molar-refractivity contribution in [2.75, 3.05) is 11.9 Å². The third-order valence-electron chi connectivity index (χ3n) is 2.42. The van der Waals surface area contributed by atoms with E-state index in [-0.39, 0.29) is 12.3 Å². The van der Waals surface area contributed by atoms with Crippen LogP contribution >= 0.6 is 11.6 Å². The number of carboxylic acid groups (broad SMARTS) is 1. The summed E-state index contributed by atoms with van der Waals surface area (Å²) in [7, 11) is 0. The Morgan fingerprint density at radius 2 is 2.43 bits per heavy atom. The van der Waals surface area contributed by atoms with Crippen molar-refractivity contribution in [2.24, 2.45) is 0 Å². The maximum Gasteiger partial charge on any atom is 0.304 e. The van der Waals surface area contributed by atoms with Gasteiger partial charge in [0.2, 0.25) is 0 Å². The van der Waals surface area contributed by atoms with Crippen LogP contribution in [-0.2, 0) is 4.79 Å². The number of halogens is 1. The van der Waals surface area contributed by atoms with Gasteiger partial charge < -0.3 is 10.4 Å². The molecule has 0 aliphatic carbocycles. The number of nitrogens with one attached hydrogen (secondary N) is 1. The lowest BCUT2D eigenvalue weighted by molar-refractivity contribution is -0.137. The quantitative estimate of drug-likeness (QED) is 0.790. The lowest BCUT2D eigenvalue weighted by Gasteiger charge is -2.07. The van der Waals surface area contributed by atoms with E-state index in [1.165, 1.54) is 0 Å². The van der Waals surface area contributed by atoms with Crippen LogP contribution in [0.25, 0.3) is 0 Å². The van der Waals surface area contributed by atoms with Gasteiger partial charge in [-0.3, -0.25) is 4.79 Å². The van der Waals surface area contributed by atoms with Crippen molar-refractivity contribution < 1.29 is 9.90 Å². The first kappa shape index (κ1) is 9.34. The molecule has 0 aromatic heterocycles. The fourth-order valence-electron chi connectivity index (χ4n) is 1.83. The molecule has 4 heteroatoms. The Morgan fingerprint density at radius 3 is 3.14 bits per heavy atom. The molecule has 0 bridgehead atoms. The normalized spacial score (nSPS) is 18.8. The average Bonchev–Trinajstić information content (AvgIpc) is 2.49. The van der Waals surface area contributed by atoms with Crippen LogP contribution in [0.2, 0.25) is 5.02 Å². The Morgan fingerprint density at radius 1 is 1.64 bits per heavy atom. The maximum atomic E-state index is 10.6. The van der Waals surface area contributed by atoms with Crippen LogP contribution in [0.3, 0.4) is 0 Å². The summed E-state index contributed by atoms with van der Waals surface area (Å²) in [5, 5.41) is 12.5. The number of carboxylic acids is 1. The molecule has 1 aliphatic heterocycles. The number of benzene rings is 1. The molecule has 1 heterocycles. The Balaban J connectivity index is 2.33. The first-order valence-electron chi connectivity index (χ1n) is 4.42. The lowest BCUT2D eigenvalue weighted by Crippen LogP contribution is -2.08. The molecule has 1 atom stereocenters. The van der Waals surface area contributed by atoms with Crippen LogP contribution in [-0.4, -0.2) is 17.6 Å². The minimum atomic E-state index is -0.787. The van der Waals surface area contributed by atoms with Crippen molar-refractivity contribution in [3.8, 4) is 0 Å². The van der Waals surface area contributed by atoms with Crippen molar-refractivity contribution in [3.63, 3.8) is 0 Å². The van der Waals surface area contributed by atoms with Crippen molar-refractivity contribution >= 4 is 23.3 Å². The molecule has 1 aromatic carbocycles. The van der Waals surface area contributed by atoms with Crippen molar-refractivity contribution in [2.45, 2.75) is 12.3 Å². The molecule has 2 N–H and O–H groups in total. The third-order valence-corrected chi connectivity index (χ3v) is 2.75. The highest BCUT2D eigenvalue weighted by Gasteiger charge is 2.26. The number of anilines is 1. The number of rotatable bonds is 2. The zero-order valence-electron chi connectivity index (χ0n) is 7.46. The van der Waals surface area contributed by atoms with Gasteiger partial charge >= 0.3 is 5.97 Å². The fraction of sp³-hybridized carbons (Fsp3) is 0.300. The number of fused-ring (bicyclic) bond motifs is 1. The SMILES string of the molecule is O=C(O)CC1CNc2cccc(Cl)c21. The molecule has 3 nitrogen and oxygen atoms in total. The Labute approximate surface area is 86.7 Å². The second kappa shape index (κ2) is 3.50. The van der Waals surface area contributed by atoms with E-state index in [2.05, 4.69) is 5.32 Å². The predicted octanol–water partition coefficient (Wildman–Crippen LogP) is 2.32. The summed E-state index contributed by atoms with van der Waals surface area (Å²) < 4.78 is 0. The molecule has 0 saturated heterocycles. The summed E-state index contributed by atoms with van der Waals surface area (Å²) in [6.07, 6.45) is 0.129.